The monoisotopic (exact) mass is 312 g/mol. The Morgan fingerprint density at radius 3 is 2.86 bits per heavy atom. The molecule has 0 amide bonds. The second-order valence-corrected chi connectivity index (χ2v) is 8.02. The quantitative estimate of drug-likeness (QED) is 0.876. The molecule has 1 N–H and O–H groups in total. The minimum Gasteiger partial charge on any atom is -0.447 e. The maximum Gasteiger partial charge on any atom is 0.276 e. The first-order valence-corrected chi connectivity index (χ1v) is 9.36. The van der Waals surface area contributed by atoms with E-state index in [2.05, 4.69) is 12.2 Å². The Balaban J connectivity index is 1.68. The molecule has 2 heterocycles. The minimum atomic E-state index is -3.47. The van der Waals surface area contributed by atoms with E-state index in [-0.39, 0.29) is 5.09 Å². The summed E-state index contributed by atoms with van der Waals surface area (Å²) in [6, 6.07) is 3.95. The molecule has 1 saturated carbocycles. The first kappa shape index (κ1) is 15.1. The Hall–Kier alpha value is -0.850. The fraction of sp³-hybridized carbons (Fsp3) is 0.733. The Kier molecular flexibility index (Phi) is 4.38. The second kappa shape index (κ2) is 6.10. The van der Waals surface area contributed by atoms with E-state index in [1.165, 1.54) is 12.8 Å². The lowest BCUT2D eigenvalue weighted by Crippen LogP contribution is -2.39. The van der Waals surface area contributed by atoms with Crippen molar-refractivity contribution in [3.8, 4) is 0 Å². The molecule has 1 aliphatic carbocycles. The summed E-state index contributed by atoms with van der Waals surface area (Å²) in [7, 11) is -3.47. The van der Waals surface area contributed by atoms with Crippen molar-refractivity contribution in [2.75, 3.05) is 13.1 Å². The standard InChI is InChI=1S/C15H24N2O3S/c1-2-12-4-3-9-17(11-12)21(18,19)15-8-7-14(20-15)10-16-13-5-6-13/h7-8,12-13,16H,2-6,9-11H2,1H3. The fourth-order valence-corrected chi connectivity index (χ4v) is 4.31. The molecule has 5 nitrogen and oxygen atoms in total. The SMILES string of the molecule is CCC1CCCN(S(=O)(=O)c2ccc(CNC3CC3)o2)C1. The summed E-state index contributed by atoms with van der Waals surface area (Å²) in [6.45, 7) is 3.96. The molecule has 1 aromatic heterocycles. The Morgan fingerprint density at radius 1 is 1.33 bits per heavy atom. The van der Waals surface area contributed by atoms with Gasteiger partial charge in [-0.1, -0.05) is 13.3 Å². The highest BCUT2D eigenvalue weighted by Crippen LogP contribution is 2.26. The number of piperidine rings is 1. The summed E-state index contributed by atoms with van der Waals surface area (Å²) >= 11 is 0. The normalized spacial score (nSPS) is 24.3. The summed E-state index contributed by atoms with van der Waals surface area (Å²) in [5.41, 5.74) is 0. The van der Waals surface area contributed by atoms with Crippen LogP contribution in [0, 0.1) is 5.92 Å². The molecule has 118 valence electrons. The lowest BCUT2D eigenvalue weighted by atomic mass is 9.97. The van der Waals surface area contributed by atoms with Crippen molar-refractivity contribution in [3.05, 3.63) is 17.9 Å². The van der Waals surface area contributed by atoms with E-state index in [0.29, 0.717) is 37.4 Å². The van der Waals surface area contributed by atoms with Crippen LogP contribution >= 0.6 is 0 Å². The van der Waals surface area contributed by atoms with Crippen LogP contribution in [0.5, 0.6) is 0 Å². The van der Waals surface area contributed by atoms with E-state index in [1.54, 1.807) is 16.4 Å². The zero-order valence-electron chi connectivity index (χ0n) is 12.5. The van der Waals surface area contributed by atoms with Crippen molar-refractivity contribution < 1.29 is 12.8 Å². The first-order valence-electron chi connectivity index (χ1n) is 7.92. The summed E-state index contributed by atoms with van der Waals surface area (Å²) in [6.07, 6.45) is 5.50. The maximum absolute atomic E-state index is 12.6. The fourth-order valence-electron chi connectivity index (χ4n) is 2.83. The summed E-state index contributed by atoms with van der Waals surface area (Å²) in [5.74, 6) is 1.17. The highest BCUT2D eigenvalue weighted by Gasteiger charge is 2.32. The van der Waals surface area contributed by atoms with Crippen molar-refractivity contribution >= 4 is 10.0 Å². The van der Waals surface area contributed by atoms with Crippen LogP contribution in [0.15, 0.2) is 21.6 Å². The molecule has 0 bridgehead atoms. The molecule has 1 aliphatic heterocycles. The Morgan fingerprint density at radius 2 is 2.14 bits per heavy atom. The molecule has 1 unspecified atom stereocenters. The van der Waals surface area contributed by atoms with Crippen LogP contribution in [-0.2, 0) is 16.6 Å². The highest BCUT2D eigenvalue weighted by molar-refractivity contribution is 7.89. The molecular formula is C15H24N2O3S. The first-order chi connectivity index (χ1) is 10.1. The van der Waals surface area contributed by atoms with Gasteiger partial charge in [-0.25, -0.2) is 8.42 Å². The molecule has 1 saturated heterocycles. The molecule has 0 radical (unpaired) electrons. The predicted octanol–water partition coefficient (Wildman–Crippen LogP) is 2.34. The molecule has 6 heteroatoms. The molecule has 2 aliphatic rings. The number of nitrogens with one attached hydrogen (secondary N) is 1. The summed E-state index contributed by atoms with van der Waals surface area (Å²) in [5, 5.41) is 3.42. The van der Waals surface area contributed by atoms with E-state index in [0.717, 1.165) is 19.3 Å². The molecule has 0 spiro atoms. The predicted molar refractivity (Wildman–Crippen MR) is 80.3 cm³/mol. The third-order valence-electron chi connectivity index (χ3n) is 4.43. The van der Waals surface area contributed by atoms with E-state index in [1.807, 2.05) is 0 Å². The third kappa shape index (κ3) is 3.49. The minimum absolute atomic E-state index is 0.0897. The van der Waals surface area contributed by atoms with Crippen LogP contribution in [-0.4, -0.2) is 31.9 Å². The van der Waals surface area contributed by atoms with E-state index in [4.69, 9.17) is 4.42 Å². The Bertz CT molecular complexity index is 577. The van der Waals surface area contributed by atoms with Gasteiger partial charge in [0.2, 0.25) is 5.09 Å². The van der Waals surface area contributed by atoms with Gasteiger partial charge in [-0.05, 0) is 43.7 Å². The summed E-state index contributed by atoms with van der Waals surface area (Å²) in [4.78, 5) is 0. The number of hydrogen-bond acceptors (Lipinski definition) is 4. The van der Waals surface area contributed by atoms with E-state index in [9.17, 15) is 8.42 Å². The van der Waals surface area contributed by atoms with Crippen LogP contribution in [0.25, 0.3) is 0 Å². The highest BCUT2D eigenvalue weighted by atomic mass is 32.2. The molecule has 1 atom stereocenters. The average molecular weight is 312 g/mol. The lowest BCUT2D eigenvalue weighted by molar-refractivity contribution is 0.255. The van der Waals surface area contributed by atoms with Crippen LogP contribution < -0.4 is 5.32 Å². The van der Waals surface area contributed by atoms with Gasteiger partial charge in [-0.2, -0.15) is 4.31 Å². The van der Waals surface area contributed by atoms with Gasteiger partial charge in [0.25, 0.3) is 10.0 Å². The van der Waals surface area contributed by atoms with Crippen molar-refractivity contribution in [3.63, 3.8) is 0 Å². The molecule has 3 rings (SSSR count). The molecule has 1 aromatic rings. The van der Waals surface area contributed by atoms with Crippen molar-refractivity contribution in [2.45, 2.75) is 56.7 Å². The molecular weight excluding hydrogens is 288 g/mol. The second-order valence-electron chi connectivity index (χ2n) is 6.16. The number of hydrogen-bond donors (Lipinski definition) is 1. The van der Waals surface area contributed by atoms with Gasteiger partial charge in [0, 0.05) is 19.1 Å². The summed E-state index contributed by atoms with van der Waals surface area (Å²) < 4.78 is 32.4. The van der Waals surface area contributed by atoms with Gasteiger partial charge < -0.3 is 9.73 Å². The third-order valence-corrected chi connectivity index (χ3v) is 6.17. The average Bonchev–Trinajstić information content (AvgIpc) is 3.21. The van der Waals surface area contributed by atoms with Crippen molar-refractivity contribution in [1.82, 2.24) is 9.62 Å². The lowest BCUT2D eigenvalue weighted by Gasteiger charge is -2.30. The van der Waals surface area contributed by atoms with E-state index >= 15 is 0 Å². The number of furan rings is 1. The number of rotatable bonds is 6. The zero-order chi connectivity index (χ0) is 14.9. The van der Waals surface area contributed by atoms with Gasteiger partial charge in [0.15, 0.2) is 0 Å². The van der Waals surface area contributed by atoms with Gasteiger partial charge in [0.05, 0.1) is 6.54 Å². The van der Waals surface area contributed by atoms with Crippen LogP contribution in [0.4, 0.5) is 0 Å². The van der Waals surface area contributed by atoms with E-state index < -0.39 is 10.0 Å². The molecule has 21 heavy (non-hydrogen) atoms. The maximum atomic E-state index is 12.6. The van der Waals surface area contributed by atoms with Crippen LogP contribution in [0.3, 0.4) is 0 Å². The number of sulfonamides is 1. The van der Waals surface area contributed by atoms with Crippen LogP contribution in [0.1, 0.15) is 44.8 Å². The van der Waals surface area contributed by atoms with Gasteiger partial charge in [0.1, 0.15) is 5.76 Å². The largest absolute Gasteiger partial charge is 0.447 e. The number of nitrogens with zero attached hydrogens (tertiary/aromatic N) is 1. The molecule has 2 fully saturated rings. The smallest absolute Gasteiger partial charge is 0.276 e. The van der Waals surface area contributed by atoms with Gasteiger partial charge in [-0.3, -0.25) is 0 Å². The van der Waals surface area contributed by atoms with Gasteiger partial charge >= 0.3 is 0 Å². The van der Waals surface area contributed by atoms with Crippen LogP contribution in [0.2, 0.25) is 0 Å². The van der Waals surface area contributed by atoms with Crippen molar-refractivity contribution in [2.24, 2.45) is 5.92 Å². The Labute approximate surface area is 126 Å². The zero-order valence-corrected chi connectivity index (χ0v) is 13.4. The molecule has 0 aromatic carbocycles. The van der Waals surface area contributed by atoms with Crippen molar-refractivity contribution in [1.29, 1.82) is 0 Å². The van der Waals surface area contributed by atoms with Gasteiger partial charge in [-0.15, -0.1) is 0 Å². The topological polar surface area (TPSA) is 62.6 Å².